The zero-order valence-corrected chi connectivity index (χ0v) is 15.4. The van der Waals surface area contributed by atoms with Gasteiger partial charge in [-0.25, -0.2) is 0 Å². The summed E-state index contributed by atoms with van der Waals surface area (Å²) >= 11 is 6.06. The topological polar surface area (TPSA) is 32.3 Å². The molecule has 1 saturated heterocycles. The van der Waals surface area contributed by atoms with Gasteiger partial charge in [-0.15, -0.1) is 0 Å². The first-order chi connectivity index (χ1) is 12.1. The Bertz CT molecular complexity index is 714. The maximum Gasteiger partial charge on any atom is 0.253 e. The van der Waals surface area contributed by atoms with Gasteiger partial charge < -0.3 is 5.32 Å². The van der Waals surface area contributed by atoms with Crippen LogP contribution >= 0.6 is 11.6 Å². The number of benzene rings is 2. The van der Waals surface area contributed by atoms with Crippen molar-refractivity contribution in [1.82, 2.24) is 10.2 Å². The van der Waals surface area contributed by atoms with Crippen molar-refractivity contribution in [3.8, 4) is 0 Å². The molecule has 1 N–H and O–H groups in total. The average Bonchev–Trinajstić information content (AvgIpc) is 2.63. The highest BCUT2D eigenvalue weighted by molar-refractivity contribution is 6.33. The van der Waals surface area contributed by atoms with Gasteiger partial charge in [-0.2, -0.15) is 0 Å². The zero-order valence-electron chi connectivity index (χ0n) is 14.7. The third kappa shape index (κ3) is 4.83. The molecule has 0 aliphatic carbocycles. The third-order valence-corrected chi connectivity index (χ3v) is 5.25. The summed E-state index contributed by atoms with van der Waals surface area (Å²) in [4.78, 5) is 14.8. The molecule has 0 aromatic heterocycles. The predicted molar refractivity (Wildman–Crippen MR) is 103 cm³/mol. The van der Waals surface area contributed by atoms with Crippen molar-refractivity contribution in [2.75, 3.05) is 6.54 Å². The summed E-state index contributed by atoms with van der Waals surface area (Å²) < 4.78 is 0. The lowest BCUT2D eigenvalue weighted by atomic mass is 10.0. The number of likely N-dealkylation sites (tertiary alicyclic amines) is 1. The van der Waals surface area contributed by atoms with Gasteiger partial charge >= 0.3 is 0 Å². The summed E-state index contributed by atoms with van der Waals surface area (Å²) in [5.74, 6) is -0.142. The lowest BCUT2D eigenvalue weighted by molar-refractivity contribution is 0.0951. The second kappa shape index (κ2) is 8.50. The molecule has 0 unspecified atom stereocenters. The van der Waals surface area contributed by atoms with Crippen LogP contribution in [0.25, 0.3) is 0 Å². The molecule has 3 nitrogen and oxygen atoms in total. The SMILES string of the molecule is C[C@@H]1CCCCN1Cc1ccc(CNC(=O)c2ccccc2Cl)cc1. The van der Waals surface area contributed by atoms with Gasteiger partial charge in [-0.3, -0.25) is 9.69 Å². The highest BCUT2D eigenvalue weighted by Crippen LogP contribution is 2.19. The molecule has 1 aliphatic rings. The quantitative estimate of drug-likeness (QED) is 0.846. The summed E-state index contributed by atoms with van der Waals surface area (Å²) in [6.07, 6.45) is 3.95. The van der Waals surface area contributed by atoms with Gasteiger partial charge in [0.25, 0.3) is 5.91 Å². The van der Waals surface area contributed by atoms with Crippen LogP contribution in [-0.2, 0) is 13.1 Å². The highest BCUT2D eigenvalue weighted by atomic mass is 35.5. The van der Waals surface area contributed by atoms with Crippen LogP contribution in [0.4, 0.5) is 0 Å². The smallest absolute Gasteiger partial charge is 0.253 e. The minimum absolute atomic E-state index is 0.142. The molecule has 0 saturated carbocycles. The number of amides is 1. The summed E-state index contributed by atoms with van der Waals surface area (Å²) in [5.41, 5.74) is 2.94. The Kier molecular flexibility index (Phi) is 6.11. The van der Waals surface area contributed by atoms with E-state index in [2.05, 4.69) is 41.4 Å². The first-order valence-electron chi connectivity index (χ1n) is 8.98. The maximum absolute atomic E-state index is 12.2. The summed E-state index contributed by atoms with van der Waals surface area (Å²) in [6, 6.07) is 16.3. The van der Waals surface area contributed by atoms with E-state index in [-0.39, 0.29) is 5.91 Å². The summed E-state index contributed by atoms with van der Waals surface area (Å²) in [5, 5.41) is 3.41. The van der Waals surface area contributed by atoms with Gasteiger partial charge in [-0.05, 0) is 49.6 Å². The molecule has 1 heterocycles. The molecule has 1 atom stereocenters. The van der Waals surface area contributed by atoms with Gasteiger partial charge in [-0.1, -0.05) is 54.4 Å². The Labute approximate surface area is 155 Å². The van der Waals surface area contributed by atoms with Crippen molar-refractivity contribution in [2.24, 2.45) is 0 Å². The molecule has 3 rings (SSSR count). The molecule has 132 valence electrons. The molecule has 1 amide bonds. The Morgan fingerprint density at radius 1 is 1.12 bits per heavy atom. The highest BCUT2D eigenvalue weighted by Gasteiger charge is 2.18. The van der Waals surface area contributed by atoms with Crippen LogP contribution in [0.2, 0.25) is 5.02 Å². The number of nitrogens with zero attached hydrogens (tertiary/aromatic N) is 1. The van der Waals surface area contributed by atoms with Crippen molar-refractivity contribution in [2.45, 2.75) is 45.3 Å². The minimum Gasteiger partial charge on any atom is -0.348 e. The normalized spacial score (nSPS) is 18.1. The molecular formula is C21H25ClN2O. The second-order valence-corrected chi connectivity index (χ2v) is 7.20. The number of hydrogen-bond donors (Lipinski definition) is 1. The number of piperidine rings is 1. The molecule has 0 bridgehead atoms. The molecule has 2 aromatic carbocycles. The number of hydrogen-bond acceptors (Lipinski definition) is 2. The Morgan fingerprint density at radius 2 is 1.84 bits per heavy atom. The number of carbonyl (C=O) groups excluding carboxylic acids is 1. The second-order valence-electron chi connectivity index (χ2n) is 6.79. The third-order valence-electron chi connectivity index (χ3n) is 4.92. The monoisotopic (exact) mass is 356 g/mol. The molecule has 1 aliphatic heterocycles. The van der Waals surface area contributed by atoms with Crippen LogP contribution in [0.5, 0.6) is 0 Å². The van der Waals surface area contributed by atoms with Crippen LogP contribution in [-0.4, -0.2) is 23.4 Å². The van der Waals surface area contributed by atoms with Crippen molar-refractivity contribution < 1.29 is 4.79 Å². The number of carbonyl (C=O) groups is 1. The fraction of sp³-hybridized carbons (Fsp3) is 0.381. The van der Waals surface area contributed by atoms with Crippen LogP contribution in [0.3, 0.4) is 0 Å². The van der Waals surface area contributed by atoms with Crippen molar-refractivity contribution in [1.29, 1.82) is 0 Å². The van der Waals surface area contributed by atoms with Gasteiger partial charge in [0, 0.05) is 19.1 Å². The standard InChI is InChI=1S/C21H25ClN2O/c1-16-6-4-5-13-24(16)15-18-11-9-17(10-12-18)14-23-21(25)19-7-2-3-8-20(19)22/h2-3,7-12,16H,4-6,13-15H2,1H3,(H,23,25)/t16-/m1/s1. The van der Waals surface area contributed by atoms with Gasteiger partial charge in [0.05, 0.1) is 10.6 Å². The molecule has 25 heavy (non-hydrogen) atoms. The van der Waals surface area contributed by atoms with Crippen LogP contribution in [0.1, 0.15) is 47.7 Å². The lowest BCUT2D eigenvalue weighted by Crippen LogP contribution is -2.36. The fourth-order valence-corrected chi connectivity index (χ4v) is 3.53. The molecule has 4 heteroatoms. The maximum atomic E-state index is 12.2. The fourth-order valence-electron chi connectivity index (χ4n) is 3.31. The van der Waals surface area contributed by atoms with E-state index >= 15 is 0 Å². The Hall–Kier alpha value is -1.84. The predicted octanol–water partition coefficient (Wildman–Crippen LogP) is 4.64. The van der Waals surface area contributed by atoms with E-state index in [1.165, 1.54) is 31.4 Å². The zero-order chi connectivity index (χ0) is 17.6. The number of rotatable bonds is 5. The van der Waals surface area contributed by atoms with Gasteiger partial charge in [0.2, 0.25) is 0 Å². The van der Waals surface area contributed by atoms with Gasteiger partial charge in [0.15, 0.2) is 0 Å². The molecule has 0 radical (unpaired) electrons. The molecule has 1 fully saturated rings. The Morgan fingerprint density at radius 3 is 2.56 bits per heavy atom. The number of nitrogens with one attached hydrogen (secondary N) is 1. The van der Waals surface area contributed by atoms with E-state index in [1.54, 1.807) is 12.1 Å². The largest absolute Gasteiger partial charge is 0.348 e. The molecule has 2 aromatic rings. The van der Waals surface area contributed by atoms with Crippen LogP contribution in [0.15, 0.2) is 48.5 Å². The summed E-state index contributed by atoms with van der Waals surface area (Å²) in [6.45, 7) is 5.02. The van der Waals surface area contributed by atoms with E-state index in [9.17, 15) is 4.79 Å². The van der Waals surface area contributed by atoms with Crippen molar-refractivity contribution in [3.05, 3.63) is 70.2 Å². The van der Waals surface area contributed by atoms with Crippen LogP contribution in [0, 0.1) is 0 Å². The lowest BCUT2D eigenvalue weighted by Gasteiger charge is -2.33. The first-order valence-corrected chi connectivity index (χ1v) is 9.36. The van der Waals surface area contributed by atoms with Crippen molar-refractivity contribution in [3.63, 3.8) is 0 Å². The van der Waals surface area contributed by atoms with E-state index < -0.39 is 0 Å². The van der Waals surface area contributed by atoms with Gasteiger partial charge in [0.1, 0.15) is 0 Å². The number of halogens is 1. The molecular weight excluding hydrogens is 332 g/mol. The average molecular weight is 357 g/mol. The van der Waals surface area contributed by atoms with Crippen LogP contribution < -0.4 is 5.32 Å². The van der Waals surface area contributed by atoms with E-state index in [0.717, 1.165) is 12.1 Å². The summed E-state index contributed by atoms with van der Waals surface area (Å²) in [7, 11) is 0. The van der Waals surface area contributed by atoms with E-state index in [0.29, 0.717) is 23.2 Å². The van der Waals surface area contributed by atoms with E-state index in [1.807, 2.05) is 12.1 Å². The molecule has 0 spiro atoms. The Balaban J connectivity index is 1.54. The first kappa shape index (κ1) is 18.0. The van der Waals surface area contributed by atoms with E-state index in [4.69, 9.17) is 11.6 Å². The minimum atomic E-state index is -0.142. The van der Waals surface area contributed by atoms with Crippen molar-refractivity contribution >= 4 is 17.5 Å².